The molecule has 21 heavy (non-hydrogen) atoms. The topological polar surface area (TPSA) is 41.1 Å². The first-order valence-electron chi connectivity index (χ1n) is 6.20. The zero-order valence-electron chi connectivity index (χ0n) is 11.2. The average Bonchev–Trinajstić information content (AvgIpc) is 2.44. The molecule has 0 heterocycles. The minimum absolute atomic E-state index is 0.142. The second-order valence-electron chi connectivity index (χ2n) is 4.49. The molecule has 0 radical (unpaired) electrons. The van der Waals surface area contributed by atoms with Crippen molar-refractivity contribution in [2.24, 2.45) is 0 Å². The fourth-order valence-electron chi connectivity index (χ4n) is 1.66. The van der Waals surface area contributed by atoms with E-state index in [4.69, 9.17) is 23.2 Å². The first-order valence-corrected chi connectivity index (χ1v) is 7.75. The molecule has 0 aliphatic carbocycles. The SMILES string of the molecule is Cc1ccc(NC(=O)CNc2ccc(Cl)c(Cl)c2)cc1Br. The summed E-state index contributed by atoms with van der Waals surface area (Å²) in [5.41, 5.74) is 2.60. The van der Waals surface area contributed by atoms with E-state index in [-0.39, 0.29) is 12.5 Å². The van der Waals surface area contributed by atoms with Gasteiger partial charge >= 0.3 is 0 Å². The lowest BCUT2D eigenvalue weighted by molar-refractivity contribution is -0.114. The first kappa shape index (κ1) is 16.1. The van der Waals surface area contributed by atoms with Crippen LogP contribution in [0.15, 0.2) is 40.9 Å². The van der Waals surface area contributed by atoms with Crippen LogP contribution in [-0.2, 0) is 4.79 Å². The molecule has 0 saturated carbocycles. The largest absolute Gasteiger partial charge is 0.376 e. The van der Waals surface area contributed by atoms with Crippen LogP contribution in [0.25, 0.3) is 0 Å². The lowest BCUT2D eigenvalue weighted by Crippen LogP contribution is -2.21. The van der Waals surface area contributed by atoms with Crippen LogP contribution < -0.4 is 10.6 Å². The van der Waals surface area contributed by atoms with Crippen LogP contribution in [0, 0.1) is 6.92 Å². The van der Waals surface area contributed by atoms with Crippen molar-refractivity contribution in [1.29, 1.82) is 0 Å². The van der Waals surface area contributed by atoms with Gasteiger partial charge in [-0.1, -0.05) is 45.2 Å². The molecular weight excluding hydrogens is 375 g/mol. The Morgan fingerprint density at radius 1 is 1.10 bits per heavy atom. The van der Waals surface area contributed by atoms with Gasteiger partial charge in [-0.05, 0) is 42.8 Å². The standard InChI is InChI=1S/C15H13BrCl2N2O/c1-9-2-3-11(6-12(9)16)20-15(21)8-19-10-4-5-13(17)14(18)7-10/h2-7,19H,8H2,1H3,(H,20,21). The van der Waals surface area contributed by atoms with Crippen molar-refractivity contribution in [3.05, 3.63) is 56.5 Å². The first-order chi connectivity index (χ1) is 9.95. The Kier molecular flexibility index (Phi) is 5.51. The van der Waals surface area contributed by atoms with Crippen molar-refractivity contribution in [3.63, 3.8) is 0 Å². The van der Waals surface area contributed by atoms with Gasteiger partial charge in [0, 0.05) is 15.8 Å². The zero-order chi connectivity index (χ0) is 15.4. The number of amides is 1. The van der Waals surface area contributed by atoms with Crippen LogP contribution in [0.5, 0.6) is 0 Å². The number of carbonyl (C=O) groups is 1. The van der Waals surface area contributed by atoms with Crippen molar-refractivity contribution in [2.75, 3.05) is 17.2 Å². The number of carbonyl (C=O) groups excluding carboxylic acids is 1. The number of halogens is 3. The summed E-state index contributed by atoms with van der Waals surface area (Å²) < 4.78 is 0.956. The molecule has 2 aromatic carbocycles. The molecule has 110 valence electrons. The Morgan fingerprint density at radius 2 is 1.81 bits per heavy atom. The van der Waals surface area contributed by atoms with E-state index in [0.29, 0.717) is 10.0 Å². The lowest BCUT2D eigenvalue weighted by Gasteiger charge is -2.09. The molecule has 0 aromatic heterocycles. The van der Waals surface area contributed by atoms with Gasteiger partial charge in [-0.3, -0.25) is 4.79 Å². The molecule has 0 aliphatic rings. The van der Waals surface area contributed by atoms with Crippen LogP contribution in [0.2, 0.25) is 10.0 Å². The van der Waals surface area contributed by atoms with Gasteiger partial charge in [-0.25, -0.2) is 0 Å². The summed E-state index contributed by atoms with van der Waals surface area (Å²) in [4.78, 5) is 11.9. The molecular formula is C15H13BrCl2N2O. The molecule has 0 bridgehead atoms. The quantitative estimate of drug-likeness (QED) is 0.764. The predicted octanol–water partition coefficient (Wildman–Crippen LogP) is 5.11. The third kappa shape index (κ3) is 4.63. The molecule has 2 rings (SSSR count). The molecule has 0 spiro atoms. The maximum absolute atomic E-state index is 11.9. The maximum Gasteiger partial charge on any atom is 0.243 e. The van der Waals surface area contributed by atoms with E-state index in [1.807, 2.05) is 25.1 Å². The van der Waals surface area contributed by atoms with Crippen LogP contribution in [0.3, 0.4) is 0 Å². The predicted molar refractivity (Wildman–Crippen MR) is 92.5 cm³/mol. The van der Waals surface area contributed by atoms with E-state index >= 15 is 0 Å². The fraction of sp³-hybridized carbons (Fsp3) is 0.133. The lowest BCUT2D eigenvalue weighted by atomic mass is 10.2. The van der Waals surface area contributed by atoms with Gasteiger partial charge in [-0.15, -0.1) is 0 Å². The van der Waals surface area contributed by atoms with Gasteiger partial charge in [0.05, 0.1) is 16.6 Å². The Hall–Kier alpha value is -1.23. The molecule has 0 atom stereocenters. The zero-order valence-corrected chi connectivity index (χ0v) is 14.3. The number of benzene rings is 2. The van der Waals surface area contributed by atoms with E-state index in [9.17, 15) is 4.79 Å². The third-order valence-corrected chi connectivity index (χ3v) is 4.42. The van der Waals surface area contributed by atoms with Crippen molar-refractivity contribution in [2.45, 2.75) is 6.92 Å². The highest BCUT2D eigenvalue weighted by Crippen LogP contribution is 2.25. The van der Waals surface area contributed by atoms with Gasteiger partial charge in [0.2, 0.25) is 5.91 Å². The van der Waals surface area contributed by atoms with Gasteiger partial charge in [0.15, 0.2) is 0 Å². The summed E-state index contributed by atoms with van der Waals surface area (Å²) in [5, 5.41) is 6.74. The number of aryl methyl sites for hydroxylation is 1. The molecule has 0 fully saturated rings. The van der Waals surface area contributed by atoms with E-state index in [1.165, 1.54) is 0 Å². The van der Waals surface area contributed by atoms with Gasteiger partial charge in [0.1, 0.15) is 0 Å². The molecule has 2 aromatic rings. The number of anilines is 2. The average molecular weight is 388 g/mol. The minimum atomic E-state index is -0.142. The summed E-state index contributed by atoms with van der Waals surface area (Å²) in [6.45, 7) is 2.13. The Labute approximate surface area is 141 Å². The summed E-state index contributed by atoms with van der Waals surface area (Å²) in [7, 11) is 0. The van der Waals surface area contributed by atoms with Crippen molar-refractivity contribution >= 4 is 56.4 Å². The maximum atomic E-state index is 11.9. The monoisotopic (exact) mass is 386 g/mol. The Bertz CT molecular complexity index is 677. The Morgan fingerprint density at radius 3 is 2.48 bits per heavy atom. The second-order valence-corrected chi connectivity index (χ2v) is 6.16. The fourth-order valence-corrected chi connectivity index (χ4v) is 2.34. The molecule has 0 saturated heterocycles. The van der Waals surface area contributed by atoms with Crippen molar-refractivity contribution < 1.29 is 4.79 Å². The van der Waals surface area contributed by atoms with Gasteiger partial charge < -0.3 is 10.6 Å². The number of rotatable bonds is 4. The number of hydrogen-bond donors (Lipinski definition) is 2. The molecule has 3 nitrogen and oxygen atoms in total. The van der Waals surface area contributed by atoms with Crippen LogP contribution >= 0.6 is 39.1 Å². The highest BCUT2D eigenvalue weighted by atomic mass is 79.9. The summed E-state index contributed by atoms with van der Waals surface area (Å²) in [5.74, 6) is -0.142. The number of nitrogens with one attached hydrogen (secondary N) is 2. The molecule has 6 heteroatoms. The molecule has 2 N–H and O–H groups in total. The summed E-state index contributed by atoms with van der Waals surface area (Å²) in [6, 6.07) is 10.8. The minimum Gasteiger partial charge on any atom is -0.376 e. The molecule has 1 amide bonds. The van der Waals surface area contributed by atoms with Gasteiger partial charge in [-0.2, -0.15) is 0 Å². The van der Waals surface area contributed by atoms with E-state index in [1.54, 1.807) is 18.2 Å². The van der Waals surface area contributed by atoms with Crippen LogP contribution in [-0.4, -0.2) is 12.5 Å². The highest BCUT2D eigenvalue weighted by molar-refractivity contribution is 9.10. The van der Waals surface area contributed by atoms with Crippen LogP contribution in [0.1, 0.15) is 5.56 Å². The number of hydrogen-bond acceptors (Lipinski definition) is 2. The third-order valence-electron chi connectivity index (χ3n) is 2.83. The molecule has 0 aliphatic heterocycles. The van der Waals surface area contributed by atoms with E-state index < -0.39 is 0 Å². The highest BCUT2D eigenvalue weighted by Gasteiger charge is 2.05. The van der Waals surface area contributed by atoms with Crippen LogP contribution in [0.4, 0.5) is 11.4 Å². The van der Waals surface area contributed by atoms with Gasteiger partial charge in [0.25, 0.3) is 0 Å². The smallest absolute Gasteiger partial charge is 0.243 e. The normalized spacial score (nSPS) is 10.3. The summed E-state index contributed by atoms with van der Waals surface area (Å²) in [6.07, 6.45) is 0. The van der Waals surface area contributed by atoms with Crippen molar-refractivity contribution in [3.8, 4) is 0 Å². The van der Waals surface area contributed by atoms with E-state index in [0.717, 1.165) is 21.4 Å². The second kappa shape index (κ2) is 7.16. The molecule has 0 unspecified atom stereocenters. The van der Waals surface area contributed by atoms with Crippen molar-refractivity contribution in [1.82, 2.24) is 0 Å². The van der Waals surface area contributed by atoms with E-state index in [2.05, 4.69) is 26.6 Å². The summed E-state index contributed by atoms with van der Waals surface area (Å²) >= 11 is 15.2. The Balaban J connectivity index is 1.92.